The van der Waals surface area contributed by atoms with Gasteiger partial charge in [-0.1, -0.05) is 26.0 Å². The first-order valence-electron chi connectivity index (χ1n) is 5.84. The molecular weight excluding hydrogens is 239 g/mol. The van der Waals surface area contributed by atoms with Gasteiger partial charge in [0.15, 0.2) is 0 Å². The van der Waals surface area contributed by atoms with Crippen LogP contribution in [0.3, 0.4) is 0 Å². The quantitative estimate of drug-likeness (QED) is 0.651. The zero-order valence-corrected chi connectivity index (χ0v) is 11.1. The Bertz CT molecular complexity index is 428. The lowest BCUT2D eigenvalue weighted by Crippen LogP contribution is -2.13. The molecule has 0 saturated heterocycles. The second kappa shape index (κ2) is 5.12. The van der Waals surface area contributed by atoms with Crippen LogP contribution in [0.25, 0.3) is 0 Å². The van der Waals surface area contributed by atoms with E-state index in [0.717, 1.165) is 17.9 Å². The highest BCUT2D eigenvalue weighted by Gasteiger charge is 2.42. The molecule has 18 heavy (non-hydrogen) atoms. The van der Waals surface area contributed by atoms with E-state index >= 15 is 0 Å². The van der Waals surface area contributed by atoms with Crippen LogP contribution >= 0.6 is 0 Å². The molecule has 0 heterocycles. The second-order valence-corrected chi connectivity index (χ2v) is 4.75. The third kappa shape index (κ3) is 3.34. The van der Waals surface area contributed by atoms with Crippen molar-refractivity contribution < 1.29 is 13.2 Å². The predicted molar refractivity (Wildman–Crippen MR) is 68.5 cm³/mol. The number of hydrogen-bond acceptors (Lipinski definition) is 1. The summed E-state index contributed by atoms with van der Waals surface area (Å²) in [7, 11) is 0. The van der Waals surface area contributed by atoms with E-state index in [1.54, 1.807) is 6.92 Å². The highest BCUT2D eigenvalue weighted by molar-refractivity contribution is 5.75. The smallest absolute Gasteiger partial charge is 0.262 e. The van der Waals surface area contributed by atoms with Gasteiger partial charge in [0.05, 0.1) is 5.57 Å². The van der Waals surface area contributed by atoms with Crippen LogP contribution in [0.1, 0.15) is 27.7 Å². The van der Waals surface area contributed by atoms with Gasteiger partial charge in [-0.25, -0.2) is 0 Å². The number of alkyl halides is 3. The summed E-state index contributed by atoms with van der Waals surface area (Å²) in [5.74, 6) is 0.489. The van der Waals surface area contributed by atoms with E-state index in [9.17, 15) is 13.2 Å². The molecular formula is C14H18F3N. The van der Waals surface area contributed by atoms with Crippen molar-refractivity contribution >= 4 is 6.21 Å². The molecule has 1 fully saturated rings. The Hall–Kier alpha value is -1.32. The molecule has 0 amide bonds. The number of rotatable bonds is 3. The van der Waals surface area contributed by atoms with Crippen molar-refractivity contribution in [3.63, 3.8) is 0 Å². The van der Waals surface area contributed by atoms with Crippen molar-refractivity contribution in [1.29, 1.82) is 0 Å². The molecule has 1 aliphatic rings. The summed E-state index contributed by atoms with van der Waals surface area (Å²) in [6, 6.07) is 0. The molecule has 1 rings (SSSR count). The van der Waals surface area contributed by atoms with Crippen LogP contribution in [0.5, 0.6) is 0 Å². The van der Waals surface area contributed by atoms with Gasteiger partial charge in [0, 0.05) is 11.9 Å². The second-order valence-electron chi connectivity index (χ2n) is 4.75. The Labute approximate surface area is 106 Å². The van der Waals surface area contributed by atoms with Crippen molar-refractivity contribution in [2.45, 2.75) is 33.9 Å². The molecule has 0 radical (unpaired) electrons. The molecule has 1 aliphatic carbocycles. The maximum absolute atomic E-state index is 13.0. The topological polar surface area (TPSA) is 12.4 Å². The fourth-order valence-electron chi connectivity index (χ4n) is 2.08. The van der Waals surface area contributed by atoms with E-state index < -0.39 is 11.7 Å². The van der Waals surface area contributed by atoms with Crippen LogP contribution in [0, 0.1) is 11.8 Å². The minimum absolute atomic E-state index is 0.244. The number of aliphatic imine (C=N–C) groups is 1. The maximum Gasteiger partial charge on any atom is 0.416 e. The van der Waals surface area contributed by atoms with Crippen molar-refractivity contribution in [2.75, 3.05) is 0 Å². The Balaban J connectivity index is 3.09. The summed E-state index contributed by atoms with van der Waals surface area (Å²) in [5, 5.41) is 0. The van der Waals surface area contributed by atoms with E-state index in [2.05, 4.69) is 11.6 Å². The van der Waals surface area contributed by atoms with Crippen molar-refractivity contribution in [1.82, 2.24) is 0 Å². The van der Waals surface area contributed by atoms with Crippen molar-refractivity contribution in [3.8, 4) is 0 Å². The van der Waals surface area contributed by atoms with Crippen LogP contribution in [0.15, 0.2) is 40.1 Å². The Morgan fingerprint density at radius 3 is 2.06 bits per heavy atom. The van der Waals surface area contributed by atoms with Crippen LogP contribution < -0.4 is 0 Å². The van der Waals surface area contributed by atoms with E-state index in [1.807, 2.05) is 13.8 Å². The SMILES string of the molecule is C=C(C)N=C/C=C(/C(C)=C1C(C)C1C)C(F)(F)F. The molecule has 0 aromatic carbocycles. The first-order chi connectivity index (χ1) is 8.16. The van der Waals surface area contributed by atoms with Gasteiger partial charge in [-0.2, -0.15) is 13.2 Å². The standard InChI is InChI=1S/C14H18F3N/c1-8(2)18-7-6-12(14(15,16)17)11(5)13-9(3)10(13)4/h6-7,9-10H,1H2,2-5H3/b12-6-,13-11?,18-7?. The summed E-state index contributed by atoms with van der Waals surface area (Å²) in [6.07, 6.45) is -2.16. The third-order valence-electron chi connectivity index (χ3n) is 3.30. The summed E-state index contributed by atoms with van der Waals surface area (Å²) in [6.45, 7) is 10.6. The molecule has 0 N–H and O–H groups in total. The van der Waals surface area contributed by atoms with E-state index in [4.69, 9.17) is 0 Å². The Morgan fingerprint density at radius 1 is 1.22 bits per heavy atom. The molecule has 0 aromatic rings. The molecule has 0 aliphatic heterocycles. The minimum Gasteiger partial charge on any atom is -0.262 e. The van der Waals surface area contributed by atoms with Crippen molar-refractivity contribution in [3.05, 3.63) is 35.1 Å². The van der Waals surface area contributed by atoms with Gasteiger partial charge in [0.2, 0.25) is 0 Å². The average Bonchev–Trinajstić information content (AvgIpc) is 2.78. The van der Waals surface area contributed by atoms with Crippen LogP contribution in [0.4, 0.5) is 13.2 Å². The fraction of sp³-hybridized carbons (Fsp3) is 0.500. The Morgan fingerprint density at radius 2 is 1.72 bits per heavy atom. The predicted octanol–water partition coefficient (Wildman–Crippen LogP) is 4.68. The van der Waals surface area contributed by atoms with Gasteiger partial charge >= 0.3 is 6.18 Å². The summed E-state index contributed by atoms with van der Waals surface area (Å²) in [4.78, 5) is 3.76. The summed E-state index contributed by atoms with van der Waals surface area (Å²) in [5.41, 5.74) is 1.09. The molecule has 2 unspecified atom stereocenters. The van der Waals surface area contributed by atoms with E-state index in [1.165, 1.54) is 6.92 Å². The van der Waals surface area contributed by atoms with Crippen LogP contribution in [-0.2, 0) is 0 Å². The monoisotopic (exact) mass is 257 g/mol. The zero-order valence-electron chi connectivity index (χ0n) is 11.1. The normalized spacial score (nSPS) is 24.6. The van der Waals surface area contributed by atoms with Gasteiger partial charge in [-0.3, -0.25) is 4.99 Å². The highest BCUT2D eigenvalue weighted by Crippen LogP contribution is 2.49. The van der Waals surface area contributed by atoms with E-state index in [-0.39, 0.29) is 11.8 Å². The number of hydrogen-bond donors (Lipinski definition) is 0. The third-order valence-corrected chi connectivity index (χ3v) is 3.30. The maximum atomic E-state index is 13.0. The minimum atomic E-state index is -4.35. The van der Waals surface area contributed by atoms with Gasteiger partial charge in [0.1, 0.15) is 0 Å². The lowest BCUT2D eigenvalue weighted by Gasteiger charge is -2.11. The van der Waals surface area contributed by atoms with Crippen molar-refractivity contribution in [2.24, 2.45) is 16.8 Å². The van der Waals surface area contributed by atoms with Gasteiger partial charge in [0.25, 0.3) is 0 Å². The molecule has 2 atom stereocenters. The summed E-state index contributed by atoms with van der Waals surface area (Å²) >= 11 is 0. The highest BCUT2D eigenvalue weighted by atomic mass is 19.4. The molecule has 100 valence electrons. The molecule has 0 bridgehead atoms. The molecule has 1 nitrogen and oxygen atoms in total. The molecule has 0 spiro atoms. The van der Waals surface area contributed by atoms with Crippen LogP contribution in [-0.4, -0.2) is 12.4 Å². The van der Waals surface area contributed by atoms with Gasteiger partial charge in [-0.15, -0.1) is 0 Å². The van der Waals surface area contributed by atoms with Crippen LogP contribution in [0.2, 0.25) is 0 Å². The largest absolute Gasteiger partial charge is 0.416 e. The summed E-state index contributed by atoms with van der Waals surface area (Å²) < 4.78 is 38.9. The molecule has 0 aromatic heterocycles. The lowest BCUT2D eigenvalue weighted by molar-refractivity contribution is -0.0892. The number of allylic oxidation sites excluding steroid dienone is 5. The van der Waals surface area contributed by atoms with Gasteiger partial charge in [-0.05, 0) is 37.3 Å². The average molecular weight is 257 g/mol. The number of nitrogens with zero attached hydrogens (tertiary/aromatic N) is 1. The molecule has 1 saturated carbocycles. The molecule has 4 heteroatoms. The van der Waals surface area contributed by atoms with E-state index in [0.29, 0.717) is 11.3 Å². The zero-order chi connectivity index (χ0) is 14.1. The fourth-order valence-corrected chi connectivity index (χ4v) is 2.08. The Kier molecular flexibility index (Phi) is 4.20. The number of halogens is 3. The lowest BCUT2D eigenvalue weighted by atomic mass is 10.1. The first-order valence-corrected chi connectivity index (χ1v) is 5.84. The first kappa shape index (κ1) is 14.7. The van der Waals surface area contributed by atoms with Gasteiger partial charge < -0.3 is 0 Å².